The number of carbonyl (C=O) groups is 3. The molecule has 0 aliphatic heterocycles. The van der Waals surface area contributed by atoms with Gasteiger partial charge in [-0.25, -0.2) is 0 Å². The zero-order valence-electron chi connectivity index (χ0n) is 21.8. The first kappa shape index (κ1) is 26.8. The number of nitrogens with two attached hydrogens (primary N) is 1. The molecule has 0 spiro atoms. The number of Topliss-reactive ketones (excluding diaryl/α,β-unsaturated/α-hetero) is 2. The number of ketones is 2. The second-order valence-electron chi connectivity index (χ2n) is 10.9. The third-order valence-corrected chi connectivity index (χ3v) is 8.88. The van der Waals surface area contributed by atoms with Crippen LogP contribution >= 0.6 is 11.6 Å². The number of aromatic hydroxyl groups is 1. The van der Waals surface area contributed by atoms with Crippen LogP contribution in [0.5, 0.6) is 5.75 Å². The van der Waals surface area contributed by atoms with E-state index in [0.717, 1.165) is 5.56 Å². The van der Waals surface area contributed by atoms with E-state index in [0.29, 0.717) is 41.1 Å². The maximum Gasteiger partial charge on any atom is 0.228 e. The van der Waals surface area contributed by atoms with Gasteiger partial charge in [0.2, 0.25) is 5.91 Å². The summed E-state index contributed by atoms with van der Waals surface area (Å²) in [6, 6.07) is 1.21. The Morgan fingerprint density at radius 1 is 1.36 bits per heavy atom. The van der Waals surface area contributed by atoms with Crippen molar-refractivity contribution in [1.82, 2.24) is 10.2 Å². The molecule has 4 N–H and O–H groups in total. The van der Waals surface area contributed by atoms with Crippen molar-refractivity contribution in [3.8, 4) is 5.75 Å². The number of phenolic OH excluding ortho intramolecular Hbond substituents is 1. The molecule has 0 aromatic heterocycles. The Kier molecular flexibility index (Phi) is 7.11. The van der Waals surface area contributed by atoms with Crippen molar-refractivity contribution in [3.63, 3.8) is 0 Å². The topological polar surface area (TPSA) is 122 Å². The molecule has 4 rings (SSSR count). The molecule has 0 radical (unpaired) electrons. The van der Waals surface area contributed by atoms with Gasteiger partial charge in [0.25, 0.3) is 0 Å². The number of likely N-dealkylation sites (N-methyl/N-ethyl adjacent to an activating group) is 1. The van der Waals surface area contributed by atoms with Crippen LogP contribution in [0.1, 0.15) is 55.1 Å². The highest BCUT2D eigenvalue weighted by Gasteiger charge is 2.60. The van der Waals surface area contributed by atoms with Crippen molar-refractivity contribution in [2.45, 2.75) is 64.3 Å². The van der Waals surface area contributed by atoms with Crippen LogP contribution in [0.4, 0.5) is 0 Å². The number of rotatable bonds is 6. The molecular formula is C27H36ClN3O5. The highest BCUT2D eigenvalue weighted by Crippen LogP contribution is 2.55. The number of phenols is 1. The lowest BCUT2D eigenvalue weighted by atomic mass is 9.55. The number of carbonyl (C=O) groups excluding carboxylic acids is 3. The largest absolute Gasteiger partial charge is 0.507 e. The number of hydrogen-bond donors (Lipinski definition) is 3. The van der Waals surface area contributed by atoms with Crippen LogP contribution in [-0.2, 0) is 27.3 Å². The molecule has 1 aromatic carbocycles. The van der Waals surface area contributed by atoms with Gasteiger partial charge in [-0.3, -0.25) is 19.3 Å². The number of primary amides is 1. The maximum atomic E-state index is 13.9. The van der Waals surface area contributed by atoms with Gasteiger partial charge in [0, 0.05) is 36.2 Å². The minimum absolute atomic E-state index is 0.0905. The molecule has 1 saturated carbocycles. The third-order valence-electron chi connectivity index (χ3n) is 8.41. The summed E-state index contributed by atoms with van der Waals surface area (Å²) >= 11 is 6.81. The summed E-state index contributed by atoms with van der Waals surface area (Å²) in [7, 11) is 5.18. The molecule has 3 aliphatic carbocycles. The molecule has 0 heterocycles. The number of hydrogen-bond acceptors (Lipinski definition) is 7. The number of ether oxygens (including phenoxy) is 1. The molecule has 1 amide bonds. The van der Waals surface area contributed by atoms with Gasteiger partial charge in [-0.05, 0) is 69.0 Å². The van der Waals surface area contributed by atoms with Crippen molar-refractivity contribution in [1.29, 1.82) is 0 Å². The van der Waals surface area contributed by atoms with Crippen molar-refractivity contribution in [3.05, 3.63) is 38.9 Å². The van der Waals surface area contributed by atoms with Crippen LogP contribution in [0.2, 0.25) is 5.02 Å². The number of allylic oxidation sites excluding steroid dienone is 1. The van der Waals surface area contributed by atoms with Gasteiger partial charge in [-0.2, -0.15) is 0 Å². The van der Waals surface area contributed by atoms with E-state index in [1.165, 1.54) is 0 Å². The van der Waals surface area contributed by atoms with Crippen LogP contribution in [0.15, 0.2) is 17.2 Å². The van der Waals surface area contributed by atoms with E-state index in [1.54, 1.807) is 13.2 Å². The standard InChI is InChI=1S/C27H36ClN3O5/c1-12(2)30-11-15-9-19(32)21-16(22(15)28)7-14-8-18-23(31(4)5)24(33)17(26(29)35)10-27(18,36-6)13(3)20(14)25(21)34/h9,12,14,17-18,23,30,32H,7-8,10-11H2,1-6H3,(H2,29,35). The lowest BCUT2D eigenvalue weighted by Gasteiger charge is -2.55. The van der Waals surface area contributed by atoms with Crippen LogP contribution in [0.25, 0.3) is 0 Å². The summed E-state index contributed by atoms with van der Waals surface area (Å²) in [6.07, 6.45) is 1.08. The molecule has 196 valence electrons. The Balaban J connectivity index is 1.87. The summed E-state index contributed by atoms with van der Waals surface area (Å²) in [5, 5.41) is 14.7. The van der Waals surface area contributed by atoms with Gasteiger partial charge in [0.05, 0.1) is 17.2 Å². The fraction of sp³-hybridized carbons (Fsp3) is 0.593. The van der Waals surface area contributed by atoms with Gasteiger partial charge in [-0.1, -0.05) is 25.4 Å². The SMILES string of the molecule is COC12CC(C(N)=O)C(=O)C(N(C)C)C1CC1Cc3c(Cl)c(CNC(C)C)cc(O)c3C(=O)C1=C2C. The molecule has 1 aromatic rings. The van der Waals surface area contributed by atoms with E-state index in [-0.39, 0.29) is 47.2 Å². The fourth-order valence-electron chi connectivity index (χ4n) is 6.74. The molecule has 1 fully saturated rings. The maximum absolute atomic E-state index is 13.9. The molecule has 9 heteroatoms. The highest BCUT2D eigenvalue weighted by atomic mass is 35.5. The van der Waals surface area contributed by atoms with Gasteiger partial charge < -0.3 is 20.9 Å². The monoisotopic (exact) mass is 517 g/mol. The smallest absolute Gasteiger partial charge is 0.228 e. The average molecular weight is 518 g/mol. The summed E-state index contributed by atoms with van der Waals surface area (Å²) in [4.78, 5) is 41.4. The van der Waals surface area contributed by atoms with E-state index < -0.39 is 23.5 Å². The van der Waals surface area contributed by atoms with Gasteiger partial charge in [0.15, 0.2) is 11.6 Å². The number of fused-ring (bicyclic) bond motifs is 3. The number of nitrogens with one attached hydrogen (secondary N) is 1. The lowest BCUT2D eigenvalue weighted by Crippen LogP contribution is -2.65. The van der Waals surface area contributed by atoms with Crippen LogP contribution in [0.3, 0.4) is 0 Å². The summed E-state index contributed by atoms with van der Waals surface area (Å²) in [5.41, 5.74) is 7.54. The first-order valence-corrected chi connectivity index (χ1v) is 12.8. The number of methoxy groups -OCH3 is 1. The Labute approximate surface area is 217 Å². The molecule has 5 unspecified atom stereocenters. The number of benzene rings is 1. The van der Waals surface area contributed by atoms with Crippen molar-refractivity contribution in [2.75, 3.05) is 21.2 Å². The quantitative estimate of drug-likeness (QED) is 0.496. The minimum Gasteiger partial charge on any atom is -0.507 e. The lowest BCUT2D eigenvalue weighted by molar-refractivity contribution is -0.157. The first-order chi connectivity index (χ1) is 16.8. The van der Waals surface area contributed by atoms with Crippen LogP contribution in [-0.4, -0.2) is 66.4 Å². The minimum atomic E-state index is -1.01. The van der Waals surface area contributed by atoms with Gasteiger partial charge in [0.1, 0.15) is 11.7 Å². The van der Waals surface area contributed by atoms with E-state index in [1.807, 2.05) is 39.8 Å². The Hall–Kier alpha value is -2.26. The Morgan fingerprint density at radius 3 is 2.58 bits per heavy atom. The van der Waals surface area contributed by atoms with E-state index in [2.05, 4.69) is 5.32 Å². The molecule has 8 nitrogen and oxygen atoms in total. The molecule has 0 saturated heterocycles. The van der Waals surface area contributed by atoms with Crippen LogP contribution < -0.4 is 11.1 Å². The second kappa shape index (κ2) is 9.56. The summed E-state index contributed by atoms with van der Waals surface area (Å²) in [5.74, 6) is -2.73. The highest BCUT2D eigenvalue weighted by molar-refractivity contribution is 6.33. The van der Waals surface area contributed by atoms with Crippen molar-refractivity contribution in [2.24, 2.45) is 23.5 Å². The molecule has 0 bridgehead atoms. The predicted octanol–water partition coefficient (Wildman–Crippen LogP) is 2.62. The number of halogens is 1. The fourth-order valence-corrected chi connectivity index (χ4v) is 7.03. The number of amides is 1. The van der Waals surface area contributed by atoms with Crippen molar-refractivity contribution < 1.29 is 24.2 Å². The number of nitrogens with zero attached hydrogens (tertiary/aromatic N) is 1. The Bertz CT molecular complexity index is 1160. The first-order valence-electron chi connectivity index (χ1n) is 12.4. The molecule has 3 aliphatic rings. The zero-order chi connectivity index (χ0) is 26.7. The summed E-state index contributed by atoms with van der Waals surface area (Å²) in [6.45, 7) is 6.37. The third kappa shape index (κ3) is 3.99. The van der Waals surface area contributed by atoms with E-state index >= 15 is 0 Å². The van der Waals surface area contributed by atoms with E-state index in [9.17, 15) is 19.5 Å². The molecule has 36 heavy (non-hydrogen) atoms. The normalized spacial score (nSPS) is 29.9. The van der Waals surface area contributed by atoms with Crippen LogP contribution in [0, 0.1) is 17.8 Å². The van der Waals surface area contributed by atoms with Gasteiger partial charge in [-0.15, -0.1) is 0 Å². The Morgan fingerprint density at radius 2 is 2.03 bits per heavy atom. The molecular weight excluding hydrogens is 482 g/mol. The second-order valence-corrected chi connectivity index (χ2v) is 11.3. The zero-order valence-corrected chi connectivity index (χ0v) is 22.5. The van der Waals surface area contributed by atoms with Gasteiger partial charge >= 0.3 is 0 Å². The average Bonchev–Trinajstić information content (AvgIpc) is 2.79. The van der Waals surface area contributed by atoms with Crippen molar-refractivity contribution >= 4 is 29.1 Å². The molecule has 5 atom stereocenters. The van der Waals surface area contributed by atoms with E-state index in [4.69, 9.17) is 22.1 Å². The predicted molar refractivity (Wildman–Crippen MR) is 137 cm³/mol. The summed E-state index contributed by atoms with van der Waals surface area (Å²) < 4.78 is 6.12.